The molecule has 2 unspecified atom stereocenters. The van der Waals surface area contributed by atoms with E-state index in [1.165, 1.54) is 50.8 Å². The predicted molar refractivity (Wildman–Crippen MR) is 129 cm³/mol. The van der Waals surface area contributed by atoms with Crippen molar-refractivity contribution in [1.82, 2.24) is 0 Å². The molecule has 0 N–H and O–H groups in total. The van der Waals surface area contributed by atoms with Gasteiger partial charge in [-0.05, 0) is 73.3 Å². The highest BCUT2D eigenvalue weighted by Crippen LogP contribution is 2.39. The van der Waals surface area contributed by atoms with Gasteiger partial charge in [0, 0.05) is 13.8 Å². The van der Waals surface area contributed by atoms with Crippen LogP contribution in [0.25, 0.3) is 0 Å². The van der Waals surface area contributed by atoms with Crippen LogP contribution in [-0.2, 0) is 6.42 Å². The molecule has 0 saturated heterocycles. The van der Waals surface area contributed by atoms with E-state index in [9.17, 15) is 17.6 Å². The van der Waals surface area contributed by atoms with Gasteiger partial charge in [-0.3, -0.25) is 0 Å². The highest BCUT2D eigenvalue weighted by Gasteiger charge is 2.32. The first-order valence-corrected chi connectivity index (χ1v) is 12.6. The molecule has 0 bridgehead atoms. The highest BCUT2D eigenvalue weighted by atomic mass is 19.3. The lowest BCUT2D eigenvalue weighted by molar-refractivity contribution is -0.180. The number of alkyl halides is 4. The zero-order valence-corrected chi connectivity index (χ0v) is 20.7. The summed E-state index contributed by atoms with van der Waals surface area (Å²) in [7, 11) is 0. The van der Waals surface area contributed by atoms with Crippen molar-refractivity contribution in [2.24, 2.45) is 5.92 Å². The molecule has 2 aromatic rings. The molecule has 1 saturated carbocycles. The first-order chi connectivity index (χ1) is 16.7. The number of halogens is 4. The minimum Gasteiger partial charge on any atom is -0.457 e. The van der Waals surface area contributed by atoms with Crippen molar-refractivity contribution < 1.29 is 31.8 Å². The Hall–Kier alpha value is -2.44. The van der Waals surface area contributed by atoms with Gasteiger partial charge in [-0.1, -0.05) is 44.0 Å². The highest BCUT2D eigenvalue weighted by molar-refractivity contribution is 5.47. The molecule has 1 fully saturated rings. The van der Waals surface area contributed by atoms with E-state index in [-0.39, 0.29) is 29.2 Å². The van der Waals surface area contributed by atoms with Crippen LogP contribution < -0.4 is 14.2 Å². The van der Waals surface area contributed by atoms with Gasteiger partial charge in [0.05, 0.1) is 6.42 Å². The molecular formula is C28H36F4O3. The van der Waals surface area contributed by atoms with Crippen LogP contribution in [0.1, 0.15) is 82.8 Å². The van der Waals surface area contributed by atoms with Crippen molar-refractivity contribution >= 4 is 0 Å². The Kier molecular flexibility index (Phi) is 9.70. The van der Waals surface area contributed by atoms with Crippen LogP contribution in [0.3, 0.4) is 0 Å². The molecule has 0 radical (unpaired) electrons. The minimum atomic E-state index is -3.46. The summed E-state index contributed by atoms with van der Waals surface area (Å²) in [4.78, 5) is 0. The van der Waals surface area contributed by atoms with Crippen LogP contribution >= 0.6 is 0 Å². The van der Waals surface area contributed by atoms with Gasteiger partial charge in [-0.15, -0.1) is 0 Å². The Labute approximate surface area is 205 Å². The summed E-state index contributed by atoms with van der Waals surface area (Å²) in [5.74, 6) is 1.25. The molecule has 0 spiro atoms. The summed E-state index contributed by atoms with van der Waals surface area (Å²) in [6, 6.07) is 11.4. The maximum absolute atomic E-state index is 14.6. The molecule has 2 atom stereocenters. The number of para-hydroxylation sites is 1. The predicted octanol–water partition coefficient (Wildman–Crippen LogP) is 8.75. The largest absolute Gasteiger partial charge is 0.457 e. The van der Waals surface area contributed by atoms with Gasteiger partial charge >= 0.3 is 6.11 Å². The first-order valence-electron chi connectivity index (χ1n) is 12.6. The van der Waals surface area contributed by atoms with Crippen molar-refractivity contribution in [2.75, 3.05) is 0 Å². The fourth-order valence-corrected chi connectivity index (χ4v) is 4.83. The van der Waals surface area contributed by atoms with Crippen molar-refractivity contribution in [3.05, 3.63) is 53.6 Å². The lowest BCUT2D eigenvalue weighted by atomic mass is 9.77. The van der Waals surface area contributed by atoms with Crippen LogP contribution in [0, 0.1) is 5.92 Å². The molecular weight excluding hydrogens is 460 g/mol. The van der Waals surface area contributed by atoms with Gasteiger partial charge in [0.2, 0.25) is 12.7 Å². The van der Waals surface area contributed by atoms with E-state index < -0.39 is 25.2 Å². The van der Waals surface area contributed by atoms with E-state index in [2.05, 4.69) is 6.92 Å². The second-order valence-corrected chi connectivity index (χ2v) is 9.38. The average Bonchev–Trinajstić information content (AvgIpc) is 2.80. The summed E-state index contributed by atoms with van der Waals surface area (Å²) in [5.41, 5.74) is 1.45. The van der Waals surface area contributed by atoms with Gasteiger partial charge in [-0.25, -0.2) is 8.78 Å². The molecule has 35 heavy (non-hydrogen) atoms. The van der Waals surface area contributed by atoms with Gasteiger partial charge in [0.15, 0.2) is 11.5 Å². The molecule has 3 nitrogen and oxygen atoms in total. The summed E-state index contributed by atoms with van der Waals surface area (Å²) >= 11 is 0. The summed E-state index contributed by atoms with van der Waals surface area (Å²) in [6.07, 6.45) is -0.477. The van der Waals surface area contributed by atoms with E-state index in [0.717, 1.165) is 31.2 Å². The van der Waals surface area contributed by atoms with Crippen molar-refractivity contribution in [2.45, 2.75) is 96.9 Å². The van der Waals surface area contributed by atoms with Crippen LogP contribution in [0.5, 0.6) is 17.2 Å². The standard InChI is InChI=1S/C28H36F4O3/c1-4-6-21-9-11-22(12-10-21)23-13-15-25(16-14-23)35-28(31,32)18-17-24-7-5-8-26(33-19(2)29)27(24)34-20(3)30/h5,7-8,13-16,19-22H,4,6,9-12,17-18H2,1-3H3/t19?,20?,21-,22-. The Bertz CT molecular complexity index is 907. The summed E-state index contributed by atoms with van der Waals surface area (Å²) in [6.45, 7) is 4.54. The van der Waals surface area contributed by atoms with Gasteiger partial charge < -0.3 is 14.2 Å². The molecule has 1 aliphatic rings. The Morgan fingerprint density at radius 2 is 1.57 bits per heavy atom. The zero-order valence-electron chi connectivity index (χ0n) is 20.7. The molecule has 7 heteroatoms. The topological polar surface area (TPSA) is 27.7 Å². The number of ether oxygens (including phenoxy) is 3. The second kappa shape index (κ2) is 12.5. The molecule has 0 aromatic heterocycles. The number of benzene rings is 2. The van der Waals surface area contributed by atoms with E-state index in [4.69, 9.17) is 14.2 Å². The van der Waals surface area contributed by atoms with Crippen LogP contribution in [0.4, 0.5) is 17.6 Å². The Morgan fingerprint density at radius 3 is 2.17 bits per heavy atom. The number of rotatable bonds is 12. The lowest BCUT2D eigenvalue weighted by Crippen LogP contribution is -2.25. The molecule has 0 aliphatic heterocycles. The average molecular weight is 497 g/mol. The normalized spacial score (nSPS) is 20.2. The van der Waals surface area contributed by atoms with Crippen LogP contribution in [0.2, 0.25) is 0 Å². The van der Waals surface area contributed by atoms with Crippen molar-refractivity contribution in [3.8, 4) is 17.2 Å². The lowest BCUT2D eigenvalue weighted by Gasteiger charge is -2.28. The molecule has 2 aromatic carbocycles. The van der Waals surface area contributed by atoms with Crippen molar-refractivity contribution in [3.63, 3.8) is 0 Å². The second-order valence-electron chi connectivity index (χ2n) is 9.38. The van der Waals surface area contributed by atoms with Crippen LogP contribution in [-0.4, -0.2) is 18.8 Å². The van der Waals surface area contributed by atoms with Gasteiger partial charge in [-0.2, -0.15) is 8.78 Å². The molecule has 0 amide bonds. The van der Waals surface area contributed by atoms with Gasteiger partial charge in [0.25, 0.3) is 0 Å². The van der Waals surface area contributed by atoms with E-state index in [1.807, 2.05) is 12.1 Å². The summed E-state index contributed by atoms with van der Waals surface area (Å²) < 4.78 is 71.3. The van der Waals surface area contributed by atoms with E-state index in [1.54, 1.807) is 12.1 Å². The smallest absolute Gasteiger partial charge is 0.398 e. The Balaban J connectivity index is 1.60. The fraction of sp³-hybridized carbons (Fsp3) is 0.571. The maximum Gasteiger partial charge on any atom is 0.398 e. The van der Waals surface area contributed by atoms with Gasteiger partial charge in [0.1, 0.15) is 5.75 Å². The third-order valence-corrected chi connectivity index (χ3v) is 6.48. The molecule has 0 heterocycles. The third-order valence-electron chi connectivity index (χ3n) is 6.48. The number of hydrogen-bond acceptors (Lipinski definition) is 3. The van der Waals surface area contributed by atoms with Crippen molar-refractivity contribution in [1.29, 1.82) is 0 Å². The molecule has 1 aliphatic carbocycles. The minimum absolute atomic E-state index is 0.0365. The zero-order chi connectivity index (χ0) is 25.4. The van der Waals surface area contributed by atoms with E-state index in [0.29, 0.717) is 5.92 Å². The number of hydrogen-bond donors (Lipinski definition) is 0. The third kappa shape index (κ3) is 8.32. The molecule has 3 rings (SSSR count). The fourth-order valence-electron chi connectivity index (χ4n) is 4.83. The number of aryl methyl sites for hydroxylation is 1. The monoisotopic (exact) mass is 496 g/mol. The quantitative estimate of drug-likeness (QED) is 0.275. The van der Waals surface area contributed by atoms with E-state index >= 15 is 0 Å². The maximum atomic E-state index is 14.6. The SMILES string of the molecule is CCC[C@H]1CC[C@H](c2ccc(OC(F)(F)CCc3cccc(OC(C)F)c3OC(C)F)cc2)CC1. The Morgan fingerprint density at radius 1 is 0.914 bits per heavy atom. The summed E-state index contributed by atoms with van der Waals surface area (Å²) in [5, 5.41) is 0. The first kappa shape index (κ1) is 27.2. The van der Waals surface area contributed by atoms with Crippen LogP contribution in [0.15, 0.2) is 42.5 Å². The molecule has 194 valence electrons.